The zero-order valence-electron chi connectivity index (χ0n) is 15.0. The molecule has 1 aromatic heterocycles. The van der Waals surface area contributed by atoms with Gasteiger partial charge in [-0.2, -0.15) is 0 Å². The summed E-state index contributed by atoms with van der Waals surface area (Å²) < 4.78 is 2.00. The molecule has 3 rings (SSSR count). The van der Waals surface area contributed by atoms with Crippen molar-refractivity contribution in [3.8, 4) is 11.4 Å². The normalized spacial score (nSPS) is 10.8. The van der Waals surface area contributed by atoms with Crippen molar-refractivity contribution >= 4 is 46.7 Å². The van der Waals surface area contributed by atoms with Crippen LogP contribution in [0.3, 0.4) is 0 Å². The zero-order valence-corrected chi connectivity index (χ0v) is 17.4. The van der Waals surface area contributed by atoms with E-state index in [1.54, 1.807) is 11.8 Å². The third kappa shape index (κ3) is 5.06. The summed E-state index contributed by atoms with van der Waals surface area (Å²) in [7, 11) is 0. The van der Waals surface area contributed by atoms with Crippen LogP contribution in [0.1, 0.15) is 6.92 Å². The van der Waals surface area contributed by atoms with E-state index < -0.39 is 0 Å². The van der Waals surface area contributed by atoms with Gasteiger partial charge >= 0.3 is 0 Å². The molecule has 0 saturated carbocycles. The molecule has 2 aromatic carbocycles. The number of carbonyl (C=O) groups excluding carboxylic acids is 1. The highest BCUT2D eigenvalue weighted by molar-refractivity contribution is 7.99. The van der Waals surface area contributed by atoms with Gasteiger partial charge in [-0.15, -0.1) is 22.0 Å². The number of thioether (sulfide) groups is 2. The highest BCUT2D eigenvalue weighted by Gasteiger charge is 2.14. The summed E-state index contributed by atoms with van der Waals surface area (Å²) in [6.07, 6.45) is 2.01. The van der Waals surface area contributed by atoms with Crippen molar-refractivity contribution in [1.29, 1.82) is 0 Å². The molecular weight excluding hydrogens is 400 g/mol. The van der Waals surface area contributed by atoms with Crippen LogP contribution in [-0.2, 0) is 11.3 Å². The number of nitrogens with one attached hydrogen (secondary N) is 1. The van der Waals surface area contributed by atoms with Gasteiger partial charge in [0.1, 0.15) is 0 Å². The molecule has 140 valence electrons. The van der Waals surface area contributed by atoms with Crippen LogP contribution in [0.5, 0.6) is 0 Å². The minimum atomic E-state index is -0.0723. The Labute approximate surface area is 171 Å². The second kappa shape index (κ2) is 9.30. The quantitative estimate of drug-likeness (QED) is 0.542. The van der Waals surface area contributed by atoms with Gasteiger partial charge in [-0.1, -0.05) is 29.4 Å². The summed E-state index contributed by atoms with van der Waals surface area (Å²) in [5.41, 5.74) is 1.74. The molecule has 1 N–H and O–H groups in total. The third-order valence-corrected chi connectivity index (χ3v) is 5.77. The van der Waals surface area contributed by atoms with Crippen LogP contribution in [0.2, 0.25) is 5.02 Å². The molecule has 0 bridgehead atoms. The molecule has 0 unspecified atom stereocenters. The van der Waals surface area contributed by atoms with Crippen molar-refractivity contribution in [3.05, 3.63) is 53.6 Å². The van der Waals surface area contributed by atoms with Gasteiger partial charge in [0.2, 0.25) is 5.91 Å². The number of rotatable bonds is 7. The molecule has 0 radical (unpaired) electrons. The number of halogens is 1. The summed E-state index contributed by atoms with van der Waals surface area (Å²) >= 11 is 8.97. The van der Waals surface area contributed by atoms with Crippen LogP contribution in [0.15, 0.2) is 58.6 Å². The molecule has 1 amide bonds. The maximum atomic E-state index is 12.3. The van der Waals surface area contributed by atoms with Crippen LogP contribution in [-0.4, -0.2) is 32.7 Å². The van der Waals surface area contributed by atoms with Crippen LogP contribution in [0.4, 0.5) is 5.69 Å². The van der Waals surface area contributed by atoms with Crippen molar-refractivity contribution in [2.45, 2.75) is 23.5 Å². The van der Waals surface area contributed by atoms with Gasteiger partial charge < -0.3 is 9.88 Å². The molecule has 0 aliphatic heterocycles. The fourth-order valence-corrected chi connectivity index (χ4v) is 3.91. The van der Waals surface area contributed by atoms with E-state index >= 15 is 0 Å². The highest BCUT2D eigenvalue weighted by Crippen LogP contribution is 2.25. The van der Waals surface area contributed by atoms with E-state index in [2.05, 4.69) is 15.5 Å². The van der Waals surface area contributed by atoms with Crippen molar-refractivity contribution in [2.75, 3.05) is 17.3 Å². The maximum absolute atomic E-state index is 12.3. The molecule has 27 heavy (non-hydrogen) atoms. The lowest BCUT2D eigenvalue weighted by Gasteiger charge is -2.08. The molecule has 3 aromatic rings. The first kappa shape index (κ1) is 19.8. The van der Waals surface area contributed by atoms with E-state index in [0.29, 0.717) is 11.6 Å². The molecule has 8 heteroatoms. The molecule has 0 saturated heterocycles. The number of aromatic nitrogens is 3. The number of carbonyl (C=O) groups is 1. The number of hydrogen-bond donors (Lipinski definition) is 1. The molecule has 5 nitrogen and oxygen atoms in total. The van der Waals surface area contributed by atoms with E-state index in [-0.39, 0.29) is 11.7 Å². The Morgan fingerprint density at radius 3 is 2.67 bits per heavy atom. The Hall–Kier alpha value is -1.96. The van der Waals surface area contributed by atoms with Crippen LogP contribution in [0.25, 0.3) is 11.4 Å². The molecule has 0 spiro atoms. The lowest BCUT2D eigenvalue weighted by Crippen LogP contribution is -2.14. The van der Waals surface area contributed by atoms with E-state index in [9.17, 15) is 4.79 Å². The van der Waals surface area contributed by atoms with Crippen molar-refractivity contribution < 1.29 is 4.79 Å². The Bertz CT molecular complexity index is 928. The van der Waals surface area contributed by atoms with Crippen molar-refractivity contribution in [3.63, 3.8) is 0 Å². The zero-order chi connectivity index (χ0) is 19.2. The lowest BCUT2D eigenvalue weighted by molar-refractivity contribution is -0.113. The first-order chi connectivity index (χ1) is 13.1. The van der Waals surface area contributed by atoms with Crippen molar-refractivity contribution in [2.24, 2.45) is 0 Å². The number of hydrogen-bond acceptors (Lipinski definition) is 5. The lowest BCUT2D eigenvalue weighted by atomic mass is 10.2. The van der Waals surface area contributed by atoms with Gasteiger partial charge in [0.25, 0.3) is 0 Å². The molecule has 0 aliphatic rings. The largest absolute Gasteiger partial charge is 0.325 e. The topological polar surface area (TPSA) is 59.8 Å². The van der Waals surface area contributed by atoms with E-state index in [1.165, 1.54) is 11.8 Å². The third-order valence-electron chi connectivity index (χ3n) is 3.82. The van der Waals surface area contributed by atoms with E-state index in [4.69, 9.17) is 11.6 Å². The highest BCUT2D eigenvalue weighted by atomic mass is 35.5. The van der Waals surface area contributed by atoms with Crippen LogP contribution >= 0.6 is 35.1 Å². The second-order valence-corrected chi connectivity index (χ2v) is 7.88. The fraction of sp³-hybridized carbons (Fsp3) is 0.211. The standard InChI is InChI=1S/C19H19ClN4OS2/c1-3-24-18(13-7-9-14(20)10-8-13)22-23-19(24)27-12-17(25)21-15-5-4-6-16(11-15)26-2/h4-11H,3,12H2,1-2H3,(H,21,25). The number of benzene rings is 2. The number of amides is 1. The molecule has 0 fully saturated rings. The summed E-state index contributed by atoms with van der Waals surface area (Å²) in [5, 5.41) is 12.9. The Balaban J connectivity index is 1.67. The first-order valence-electron chi connectivity index (χ1n) is 8.36. The molecule has 0 aliphatic carbocycles. The van der Waals surface area contributed by atoms with Gasteiger partial charge in [0.05, 0.1) is 5.75 Å². The molecule has 1 heterocycles. The average molecular weight is 419 g/mol. The fourth-order valence-electron chi connectivity index (χ4n) is 2.52. The van der Waals surface area contributed by atoms with Gasteiger partial charge in [-0.05, 0) is 55.6 Å². The summed E-state index contributed by atoms with van der Waals surface area (Å²) in [6, 6.07) is 15.3. The van der Waals surface area contributed by atoms with Gasteiger partial charge in [-0.25, -0.2) is 0 Å². The summed E-state index contributed by atoms with van der Waals surface area (Å²) in [5.74, 6) is 0.962. The first-order valence-corrected chi connectivity index (χ1v) is 11.0. The maximum Gasteiger partial charge on any atom is 0.234 e. The van der Waals surface area contributed by atoms with Gasteiger partial charge in [-0.3, -0.25) is 4.79 Å². The predicted octanol–water partition coefficient (Wildman–Crippen LogP) is 5.07. The summed E-state index contributed by atoms with van der Waals surface area (Å²) in [4.78, 5) is 13.4. The van der Waals surface area contributed by atoms with Crippen LogP contribution in [0, 0.1) is 0 Å². The number of nitrogens with zero attached hydrogens (tertiary/aromatic N) is 3. The Morgan fingerprint density at radius 2 is 1.96 bits per heavy atom. The molecule has 0 atom stereocenters. The number of anilines is 1. The minimum absolute atomic E-state index is 0.0723. The SMILES string of the molecule is CCn1c(SCC(=O)Nc2cccc(SC)c2)nnc1-c1ccc(Cl)cc1. The second-order valence-electron chi connectivity index (χ2n) is 5.63. The van der Waals surface area contributed by atoms with Crippen LogP contribution < -0.4 is 5.32 Å². The predicted molar refractivity (Wildman–Crippen MR) is 114 cm³/mol. The van der Waals surface area contributed by atoms with Gasteiger partial charge in [0.15, 0.2) is 11.0 Å². The Kier molecular flexibility index (Phi) is 6.82. The van der Waals surface area contributed by atoms with Gasteiger partial charge in [0, 0.05) is 27.7 Å². The van der Waals surface area contributed by atoms with Crippen molar-refractivity contribution in [1.82, 2.24) is 14.8 Å². The Morgan fingerprint density at radius 1 is 1.19 bits per heavy atom. The monoisotopic (exact) mass is 418 g/mol. The summed E-state index contributed by atoms with van der Waals surface area (Å²) in [6.45, 7) is 2.74. The van der Waals surface area contributed by atoms with E-state index in [1.807, 2.05) is 66.3 Å². The molecular formula is C19H19ClN4OS2. The smallest absolute Gasteiger partial charge is 0.234 e. The average Bonchev–Trinajstić information content (AvgIpc) is 3.10. The minimum Gasteiger partial charge on any atom is -0.325 e. The van der Waals surface area contributed by atoms with E-state index in [0.717, 1.165) is 27.1 Å².